The van der Waals surface area contributed by atoms with Crippen molar-refractivity contribution < 1.29 is 19.1 Å². The largest absolute Gasteiger partial charge is 0.497 e. The van der Waals surface area contributed by atoms with Crippen LogP contribution in [0, 0.1) is 0 Å². The fourth-order valence-corrected chi connectivity index (χ4v) is 3.69. The first-order chi connectivity index (χ1) is 12.5. The van der Waals surface area contributed by atoms with Gasteiger partial charge >= 0.3 is 0 Å². The summed E-state index contributed by atoms with van der Waals surface area (Å²) in [6.07, 6.45) is 3.20. The fourth-order valence-electron chi connectivity index (χ4n) is 3.69. The molecule has 2 heterocycles. The zero-order chi connectivity index (χ0) is 18.7. The summed E-state index contributed by atoms with van der Waals surface area (Å²) >= 11 is 0. The van der Waals surface area contributed by atoms with E-state index in [4.69, 9.17) is 9.47 Å². The summed E-state index contributed by atoms with van der Waals surface area (Å²) in [4.78, 5) is 28.8. The van der Waals surface area contributed by atoms with E-state index in [1.165, 1.54) is 0 Å². The highest BCUT2D eigenvalue weighted by Crippen LogP contribution is 2.32. The van der Waals surface area contributed by atoms with E-state index in [1.54, 1.807) is 37.1 Å². The molecule has 8 heteroatoms. The first kappa shape index (κ1) is 21.3. The van der Waals surface area contributed by atoms with E-state index in [2.05, 4.69) is 5.32 Å². The normalized spacial score (nSPS) is 21.7. The summed E-state index contributed by atoms with van der Waals surface area (Å²) in [6, 6.07) is 5.22. The number of carbonyl (C=O) groups excluding carboxylic acids is 2. The zero-order valence-electron chi connectivity index (χ0n) is 16.1. The second-order valence-corrected chi connectivity index (χ2v) is 6.87. The van der Waals surface area contributed by atoms with Crippen LogP contribution in [0.5, 0.6) is 11.5 Å². The second kappa shape index (κ2) is 9.28. The molecule has 2 fully saturated rings. The Balaban J connectivity index is 0.00000261. The van der Waals surface area contributed by atoms with Crippen LogP contribution in [0.1, 0.15) is 25.7 Å². The van der Waals surface area contributed by atoms with Crippen LogP contribution < -0.4 is 19.7 Å². The molecule has 2 aliphatic heterocycles. The van der Waals surface area contributed by atoms with Crippen molar-refractivity contribution in [1.29, 1.82) is 0 Å². The minimum absolute atomic E-state index is 0. The molecule has 0 bridgehead atoms. The van der Waals surface area contributed by atoms with E-state index < -0.39 is 6.04 Å². The third kappa shape index (κ3) is 4.65. The van der Waals surface area contributed by atoms with Gasteiger partial charge in [-0.1, -0.05) is 0 Å². The summed E-state index contributed by atoms with van der Waals surface area (Å²) in [6.45, 7) is 1.54. The number of methoxy groups -OCH3 is 2. The lowest BCUT2D eigenvalue weighted by atomic mass is 10.1. The number of nitrogens with zero attached hydrogens (tertiary/aromatic N) is 2. The summed E-state index contributed by atoms with van der Waals surface area (Å²) in [5.41, 5.74) is 0.729. The smallest absolute Gasteiger partial charge is 0.249 e. The van der Waals surface area contributed by atoms with Gasteiger partial charge in [0.1, 0.15) is 17.5 Å². The number of halogens is 1. The maximum Gasteiger partial charge on any atom is 0.249 e. The van der Waals surface area contributed by atoms with Crippen LogP contribution in [0.3, 0.4) is 0 Å². The third-order valence-electron chi connectivity index (χ3n) is 5.27. The maximum atomic E-state index is 12.9. The number of anilines is 1. The Morgan fingerprint density at radius 1 is 1.22 bits per heavy atom. The molecule has 0 saturated carbocycles. The van der Waals surface area contributed by atoms with E-state index in [0.717, 1.165) is 25.1 Å². The Kier molecular flexibility index (Phi) is 7.33. The summed E-state index contributed by atoms with van der Waals surface area (Å²) < 4.78 is 10.6. The number of hydrogen-bond donors (Lipinski definition) is 1. The van der Waals surface area contributed by atoms with Gasteiger partial charge in [-0.2, -0.15) is 0 Å². The highest BCUT2D eigenvalue weighted by atomic mass is 35.5. The Hall–Kier alpha value is -1.99. The van der Waals surface area contributed by atoms with Gasteiger partial charge < -0.3 is 24.6 Å². The molecule has 1 aromatic carbocycles. The van der Waals surface area contributed by atoms with Crippen molar-refractivity contribution in [2.24, 2.45) is 0 Å². The van der Waals surface area contributed by atoms with Crippen molar-refractivity contribution in [1.82, 2.24) is 10.2 Å². The number of carbonyl (C=O) groups is 2. The van der Waals surface area contributed by atoms with Gasteiger partial charge in [0.25, 0.3) is 0 Å². The predicted octanol–water partition coefficient (Wildman–Crippen LogP) is 1.83. The molecule has 1 N–H and O–H groups in total. The minimum atomic E-state index is -0.416. The van der Waals surface area contributed by atoms with Gasteiger partial charge in [0.2, 0.25) is 11.8 Å². The quantitative estimate of drug-likeness (QED) is 0.793. The van der Waals surface area contributed by atoms with Crippen LogP contribution in [0.2, 0.25) is 0 Å². The van der Waals surface area contributed by atoms with Crippen molar-refractivity contribution >= 4 is 29.9 Å². The van der Waals surface area contributed by atoms with E-state index in [0.29, 0.717) is 30.9 Å². The molecule has 3 rings (SSSR count). The Morgan fingerprint density at radius 3 is 2.44 bits per heavy atom. The van der Waals surface area contributed by atoms with E-state index in [9.17, 15) is 9.59 Å². The van der Waals surface area contributed by atoms with Crippen LogP contribution in [-0.2, 0) is 9.59 Å². The molecule has 0 radical (unpaired) electrons. The summed E-state index contributed by atoms with van der Waals surface area (Å²) in [7, 11) is 4.89. The van der Waals surface area contributed by atoms with Crippen LogP contribution in [-0.4, -0.2) is 63.2 Å². The lowest BCUT2D eigenvalue weighted by Gasteiger charge is -2.25. The van der Waals surface area contributed by atoms with Gasteiger partial charge in [-0.15, -0.1) is 12.4 Å². The molecule has 0 spiro atoms. The molecule has 1 aromatic rings. The van der Waals surface area contributed by atoms with Crippen LogP contribution in [0.25, 0.3) is 0 Å². The lowest BCUT2D eigenvalue weighted by Crippen LogP contribution is -2.44. The standard InChI is InChI=1S/C19H27N3O4.ClH/c1-21(18(23)9-13-5-4-7-20-13)17-6-8-22(19(17)24)14-10-15(25-2)12-16(11-14)26-3;/h10-13,17,20H,4-9H2,1-3H3;1H. The fraction of sp³-hybridized carbons (Fsp3) is 0.579. The number of hydrogen-bond acceptors (Lipinski definition) is 5. The Bertz CT molecular complexity index is 657. The average Bonchev–Trinajstić information content (AvgIpc) is 3.30. The molecule has 0 aliphatic carbocycles. The molecule has 2 atom stereocenters. The van der Waals surface area contributed by atoms with Crippen LogP contribution in [0.4, 0.5) is 5.69 Å². The monoisotopic (exact) mass is 397 g/mol. The van der Waals surface area contributed by atoms with Gasteiger partial charge in [0, 0.05) is 44.3 Å². The van der Waals surface area contributed by atoms with Gasteiger partial charge in [-0.3, -0.25) is 9.59 Å². The second-order valence-electron chi connectivity index (χ2n) is 6.87. The molecule has 2 amide bonds. The van der Waals surface area contributed by atoms with Crippen molar-refractivity contribution in [3.05, 3.63) is 18.2 Å². The van der Waals surface area contributed by atoms with Gasteiger partial charge in [-0.05, 0) is 25.8 Å². The van der Waals surface area contributed by atoms with Crippen LogP contribution >= 0.6 is 12.4 Å². The van der Waals surface area contributed by atoms with Gasteiger partial charge in [-0.25, -0.2) is 0 Å². The van der Waals surface area contributed by atoms with Crippen LogP contribution in [0.15, 0.2) is 18.2 Å². The number of likely N-dealkylation sites (N-methyl/N-ethyl adjacent to an activating group) is 1. The van der Waals surface area contributed by atoms with Crippen molar-refractivity contribution in [3.8, 4) is 11.5 Å². The maximum absolute atomic E-state index is 12.9. The number of nitrogens with one attached hydrogen (secondary N) is 1. The van der Waals surface area contributed by atoms with E-state index in [1.807, 2.05) is 12.1 Å². The van der Waals surface area contributed by atoms with Crippen molar-refractivity contribution in [3.63, 3.8) is 0 Å². The molecule has 2 aliphatic rings. The van der Waals surface area contributed by atoms with E-state index >= 15 is 0 Å². The molecule has 0 aromatic heterocycles. The topological polar surface area (TPSA) is 71.1 Å². The Morgan fingerprint density at radius 2 is 1.89 bits per heavy atom. The predicted molar refractivity (Wildman–Crippen MR) is 106 cm³/mol. The third-order valence-corrected chi connectivity index (χ3v) is 5.27. The molecule has 150 valence electrons. The molecule has 2 saturated heterocycles. The first-order valence-corrected chi connectivity index (χ1v) is 9.07. The molecule has 2 unspecified atom stereocenters. The van der Waals surface area contributed by atoms with Crippen molar-refractivity contribution in [2.75, 3.05) is 39.3 Å². The molecule has 7 nitrogen and oxygen atoms in total. The minimum Gasteiger partial charge on any atom is -0.497 e. The first-order valence-electron chi connectivity index (χ1n) is 9.07. The lowest BCUT2D eigenvalue weighted by molar-refractivity contribution is -0.137. The molecule has 27 heavy (non-hydrogen) atoms. The number of amides is 2. The highest BCUT2D eigenvalue weighted by Gasteiger charge is 2.38. The molecular weight excluding hydrogens is 370 g/mol. The van der Waals surface area contributed by atoms with E-state index in [-0.39, 0.29) is 30.3 Å². The summed E-state index contributed by atoms with van der Waals surface area (Å²) in [5.74, 6) is 1.23. The molecular formula is C19H28ClN3O4. The zero-order valence-corrected chi connectivity index (χ0v) is 16.9. The Labute approximate surface area is 166 Å². The SMILES string of the molecule is COc1cc(OC)cc(N2CCC(N(C)C(=O)CC3CCCN3)C2=O)c1.Cl. The average molecular weight is 398 g/mol. The summed E-state index contributed by atoms with van der Waals surface area (Å²) in [5, 5.41) is 3.33. The van der Waals surface area contributed by atoms with Gasteiger partial charge in [0.05, 0.1) is 19.9 Å². The highest BCUT2D eigenvalue weighted by molar-refractivity contribution is 6.01. The van der Waals surface area contributed by atoms with Gasteiger partial charge in [0.15, 0.2) is 0 Å². The number of rotatable bonds is 6. The van der Waals surface area contributed by atoms with Crippen molar-refractivity contribution in [2.45, 2.75) is 37.8 Å². The number of ether oxygens (including phenoxy) is 2. The number of benzene rings is 1.